The fraction of sp³-hybridized carbons (Fsp3) is 0.0870. The molecule has 0 bridgehead atoms. The Morgan fingerprint density at radius 1 is 1.00 bits per heavy atom. The Labute approximate surface area is 179 Å². The molecule has 0 aliphatic heterocycles. The Bertz CT molecular complexity index is 1220. The van der Waals surface area contributed by atoms with Gasteiger partial charge in [-0.1, -0.05) is 54.6 Å². The molecule has 150 valence electrons. The molecule has 0 atom stereocenters. The van der Waals surface area contributed by atoms with Crippen molar-refractivity contribution in [2.24, 2.45) is 5.10 Å². The van der Waals surface area contributed by atoms with E-state index in [0.29, 0.717) is 17.2 Å². The fourth-order valence-corrected chi connectivity index (χ4v) is 3.08. The van der Waals surface area contributed by atoms with Crippen molar-refractivity contribution in [3.63, 3.8) is 0 Å². The van der Waals surface area contributed by atoms with Crippen molar-refractivity contribution < 1.29 is 9.47 Å². The van der Waals surface area contributed by atoms with Gasteiger partial charge in [0.15, 0.2) is 5.82 Å². The Hall–Kier alpha value is -3.71. The molecule has 30 heavy (non-hydrogen) atoms. The third-order valence-electron chi connectivity index (χ3n) is 4.41. The molecule has 0 saturated carbocycles. The number of hydrogen-bond acceptors (Lipinski definition) is 5. The van der Waals surface area contributed by atoms with Gasteiger partial charge in [-0.05, 0) is 47.6 Å². The molecule has 4 aromatic rings. The van der Waals surface area contributed by atoms with Crippen molar-refractivity contribution in [3.05, 3.63) is 94.8 Å². The van der Waals surface area contributed by atoms with Crippen molar-refractivity contribution >= 4 is 18.4 Å². The first kappa shape index (κ1) is 19.6. The second kappa shape index (κ2) is 9.19. The van der Waals surface area contributed by atoms with E-state index >= 15 is 0 Å². The van der Waals surface area contributed by atoms with Gasteiger partial charge in [-0.15, -0.1) is 0 Å². The van der Waals surface area contributed by atoms with Crippen LogP contribution in [0.1, 0.15) is 11.1 Å². The summed E-state index contributed by atoms with van der Waals surface area (Å²) in [5, 5.41) is 11.6. The van der Waals surface area contributed by atoms with Gasteiger partial charge in [-0.2, -0.15) is 14.9 Å². The van der Waals surface area contributed by atoms with Crippen LogP contribution in [0.25, 0.3) is 11.4 Å². The molecule has 6 nitrogen and oxygen atoms in total. The standard InChI is InChI=1S/C23H20N4O2S/c1-28-20-11-6-10-19(14-20)22-25-26-23(30)27(22)24-15-18-9-5-12-21(13-18)29-16-17-7-3-2-4-8-17/h2-15H,16H2,1H3,(H,26,30). The van der Waals surface area contributed by atoms with Crippen molar-refractivity contribution in [1.29, 1.82) is 0 Å². The quantitative estimate of drug-likeness (QED) is 0.337. The minimum absolute atomic E-state index is 0.403. The van der Waals surface area contributed by atoms with Gasteiger partial charge in [-0.25, -0.2) is 5.10 Å². The maximum absolute atomic E-state index is 5.89. The van der Waals surface area contributed by atoms with Gasteiger partial charge in [0.25, 0.3) is 0 Å². The highest BCUT2D eigenvalue weighted by Gasteiger charge is 2.09. The highest BCUT2D eigenvalue weighted by Crippen LogP contribution is 2.22. The Morgan fingerprint density at radius 2 is 1.80 bits per heavy atom. The van der Waals surface area contributed by atoms with Crippen LogP contribution in [0.4, 0.5) is 0 Å². The van der Waals surface area contributed by atoms with E-state index in [1.165, 1.54) is 0 Å². The van der Waals surface area contributed by atoms with Crippen molar-refractivity contribution in [2.45, 2.75) is 6.61 Å². The van der Waals surface area contributed by atoms with Crippen LogP contribution in [0, 0.1) is 4.77 Å². The van der Waals surface area contributed by atoms with E-state index in [4.69, 9.17) is 21.7 Å². The highest BCUT2D eigenvalue weighted by molar-refractivity contribution is 7.71. The number of ether oxygens (including phenoxy) is 2. The van der Waals surface area contributed by atoms with Crippen molar-refractivity contribution in [1.82, 2.24) is 14.9 Å². The number of aromatic amines is 1. The minimum Gasteiger partial charge on any atom is -0.497 e. The van der Waals surface area contributed by atoms with E-state index in [9.17, 15) is 0 Å². The van der Waals surface area contributed by atoms with Crippen LogP contribution in [0.3, 0.4) is 0 Å². The summed E-state index contributed by atoms with van der Waals surface area (Å²) in [6, 6.07) is 25.4. The molecule has 1 aromatic heterocycles. The predicted molar refractivity (Wildman–Crippen MR) is 120 cm³/mol. The lowest BCUT2D eigenvalue weighted by Gasteiger charge is -2.07. The number of nitrogens with zero attached hydrogens (tertiary/aromatic N) is 3. The van der Waals surface area contributed by atoms with Crippen LogP contribution in [-0.2, 0) is 6.61 Å². The van der Waals surface area contributed by atoms with Crippen molar-refractivity contribution in [3.8, 4) is 22.9 Å². The van der Waals surface area contributed by atoms with Gasteiger partial charge < -0.3 is 9.47 Å². The first-order valence-corrected chi connectivity index (χ1v) is 9.77. The molecular weight excluding hydrogens is 396 g/mol. The van der Waals surface area contributed by atoms with E-state index in [1.54, 1.807) is 18.0 Å². The summed E-state index contributed by atoms with van der Waals surface area (Å²) in [6.45, 7) is 0.508. The summed E-state index contributed by atoms with van der Waals surface area (Å²) in [5.74, 6) is 2.11. The number of H-pyrrole nitrogens is 1. The molecule has 1 N–H and O–H groups in total. The Balaban J connectivity index is 1.54. The van der Waals surface area contributed by atoms with E-state index in [-0.39, 0.29) is 0 Å². The molecule has 3 aromatic carbocycles. The normalized spacial score (nSPS) is 11.0. The lowest BCUT2D eigenvalue weighted by Crippen LogP contribution is -1.97. The van der Waals surface area contributed by atoms with Gasteiger partial charge in [0.05, 0.1) is 13.3 Å². The monoisotopic (exact) mass is 416 g/mol. The highest BCUT2D eigenvalue weighted by atomic mass is 32.1. The van der Waals surface area contributed by atoms with Crippen LogP contribution in [-0.4, -0.2) is 28.2 Å². The maximum atomic E-state index is 5.89. The zero-order valence-electron chi connectivity index (χ0n) is 16.4. The molecule has 4 rings (SSSR count). The third kappa shape index (κ3) is 4.64. The summed E-state index contributed by atoms with van der Waals surface area (Å²) in [5.41, 5.74) is 2.85. The molecule has 0 aliphatic carbocycles. The zero-order chi connectivity index (χ0) is 20.8. The molecule has 0 unspecified atom stereocenters. The average Bonchev–Trinajstić information content (AvgIpc) is 3.17. The number of benzene rings is 3. The third-order valence-corrected chi connectivity index (χ3v) is 4.67. The smallest absolute Gasteiger partial charge is 0.216 e. The first-order chi connectivity index (χ1) is 14.7. The van der Waals surface area contributed by atoms with Gasteiger partial charge >= 0.3 is 0 Å². The number of nitrogens with one attached hydrogen (secondary N) is 1. The summed E-state index contributed by atoms with van der Waals surface area (Å²) in [4.78, 5) is 0. The average molecular weight is 417 g/mol. The molecule has 0 saturated heterocycles. The molecule has 0 aliphatic rings. The topological polar surface area (TPSA) is 64.4 Å². The summed E-state index contributed by atoms with van der Waals surface area (Å²) in [6.07, 6.45) is 1.73. The first-order valence-electron chi connectivity index (χ1n) is 9.36. The second-order valence-electron chi connectivity index (χ2n) is 6.49. The number of aromatic nitrogens is 3. The molecule has 0 radical (unpaired) electrons. The SMILES string of the molecule is COc1cccc(-c2n[nH]c(=S)n2N=Cc2cccc(OCc3ccccc3)c2)c1. The largest absolute Gasteiger partial charge is 0.497 e. The van der Waals surface area contributed by atoms with E-state index in [1.807, 2.05) is 78.9 Å². The van der Waals surface area contributed by atoms with Crippen LogP contribution in [0.2, 0.25) is 0 Å². The van der Waals surface area contributed by atoms with Crippen LogP contribution < -0.4 is 9.47 Å². The maximum Gasteiger partial charge on any atom is 0.216 e. The lowest BCUT2D eigenvalue weighted by molar-refractivity contribution is 0.306. The number of methoxy groups -OCH3 is 1. The van der Waals surface area contributed by atoms with Gasteiger partial charge in [0.1, 0.15) is 18.1 Å². The van der Waals surface area contributed by atoms with Gasteiger partial charge in [-0.3, -0.25) is 0 Å². The molecule has 0 spiro atoms. The van der Waals surface area contributed by atoms with Crippen molar-refractivity contribution in [2.75, 3.05) is 7.11 Å². The fourth-order valence-electron chi connectivity index (χ4n) is 2.90. The molecule has 0 amide bonds. The molecule has 1 heterocycles. The number of rotatable bonds is 7. The van der Waals surface area contributed by atoms with Gasteiger partial charge in [0, 0.05) is 5.56 Å². The number of hydrogen-bond donors (Lipinski definition) is 1. The molecule has 7 heteroatoms. The molecule has 0 fully saturated rings. The summed E-state index contributed by atoms with van der Waals surface area (Å²) < 4.78 is 13.2. The summed E-state index contributed by atoms with van der Waals surface area (Å²) in [7, 11) is 1.63. The van der Waals surface area contributed by atoms with Crippen LogP contribution in [0.15, 0.2) is 84.0 Å². The predicted octanol–water partition coefficient (Wildman–Crippen LogP) is 5.08. The zero-order valence-corrected chi connectivity index (χ0v) is 17.2. The van der Waals surface area contributed by atoms with E-state index in [2.05, 4.69) is 15.3 Å². The minimum atomic E-state index is 0.403. The van der Waals surface area contributed by atoms with E-state index < -0.39 is 0 Å². The van der Waals surface area contributed by atoms with Crippen LogP contribution >= 0.6 is 12.2 Å². The van der Waals surface area contributed by atoms with E-state index in [0.717, 1.165) is 28.2 Å². The second-order valence-corrected chi connectivity index (χ2v) is 6.87. The lowest BCUT2D eigenvalue weighted by atomic mass is 10.2. The summed E-state index contributed by atoms with van der Waals surface area (Å²) >= 11 is 5.35. The Morgan fingerprint density at radius 3 is 2.63 bits per heavy atom. The molecular formula is C23H20N4O2S. The van der Waals surface area contributed by atoms with Crippen LogP contribution in [0.5, 0.6) is 11.5 Å². The Kier molecular flexibility index (Phi) is 6.01. The van der Waals surface area contributed by atoms with Gasteiger partial charge in [0.2, 0.25) is 4.77 Å².